The number of amides is 2. The van der Waals surface area contributed by atoms with E-state index < -0.39 is 18.2 Å². The molecule has 3 saturated heterocycles. The molecule has 3 aliphatic heterocycles. The number of fused-ring (bicyclic) bond motifs is 1. The molecule has 1 aromatic rings. The molecule has 2 N–H and O–H groups in total. The zero-order chi connectivity index (χ0) is 21.9. The van der Waals surface area contributed by atoms with E-state index in [1.807, 2.05) is 0 Å². The maximum atomic E-state index is 12.4. The number of nitrogens with one attached hydrogen (secondary N) is 1. The van der Waals surface area contributed by atoms with Crippen LogP contribution in [0.1, 0.15) is 29.8 Å². The number of likely N-dealkylation sites (tertiary alicyclic amines) is 1. The average Bonchev–Trinajstić information content (AvgIpc) is 3.47. The van der Waals surface area contributed by atoms with Crippen LogP contribution >= 0.6 is 0 Å². The van der Waals surface area contributed by atoms with Crippen LogP contribution in [0, 0.1) is 5.92 Å². The quantitative estimate of drug-likeness (QED) is 0.706. The Balaban J connectivity index is 0.000000318. The number of aliphatic carboxylic acids is 1. The average molecular weight is 434 g/mol. The van der Waals surface area contributed by atoms with E-state index in [0.29, 0.717) is 37.9 Å². The number of piperidine rings is 1. The third-order valence-corrected chi connectivity index (χ3v) is 5.09. The third-order valence-electron chi connectivity index (χ3n) is 5.09. The Morgan fingerprint density at radius 1 is 1.27 bits per heavy atom. The number of aromatic amines is 1. The molecule has 13 heteroatoms. The number of carboxylic acids is 1. The second-order valence-electron chi connectivity index (χ2n) is 7.10. The highest BCUT2D eigenvalue weighted by atomic mass is 19.4. The molecule has 0 saturated carbocycles. The number of H-pyrrole nitrogens is 1. The summed E-state index contributed by atoms with van der Waals surface area (Å²) in [6.45, 7) is 2.44. The van der Waals surface area contributed by atoms with Crippen LogP contribution in [-0.2, 0) is 19.2 Å². The van der Waals surface area contributed by atoms with Gasteiger partial charge < -0.3 is 14.7 Å². The Labute approximate surface area is 168 Å². The van der Waals surface area contributed by atoms with Crippen LogP contribution in [-0.4, -0.2) is 87.7 Å². The Morgan fingerprint density at radius 2 is 2.00 bits per heavy atom. The van der Waals surface area contributed by atoms with Crippen LogP contribution in [0.25, 0.3) is 0 Å². The predicted octanol–water partition coefficient (Wildman–Crippen LogP) is 0.827. The van der Waals surface area contributed by atoms with E-state index in [9.17, 15) is 22.8 Å². The number of aromatic nitrogens is 2. The number of carbonyl (C=O) groups is 3. The molecule has 0 aliphatic carbocycles. The highest BCUT2D eigenvalue weighted by Crippen LogP contribution is 2.34. The van der Waals surface area contributed by atoms with Gasteiger partial charge in [0, 0.05) is 19.3 Å². The van der Waals surface area contributed by atoms with Crippen LogP contribution in [0.5, 0.6) is 0 Å². The molecule has 4 rings (SSSR count). The number of hydrogen-bond donors (Lipinski definition) is 2. The van der Waals surface area contributed by atoms with Gasteiger partial charge in [-0.2, -0.15) is 18.3 Å². The lowest BCUT2D eigenvalue weighted by Crippen LogP contribution is -2.45. The summed E-state index contributed by atoms with van der Waals surface area (Å²) in [5.41, 5.74) is 0.486. The minimum absolute atomic E-state index is 0.0674. The standard InChI is InChI=1S/C15H20N4O4.C2HF3O2/c20-14(11-2-4-16-17-11)18-6-3-10-8-12(23-13(10)9-18)15(21)19-5-1-7-22-19;3-2(4,5)1(6)7/h2,4,10,12-13H,1,3,5-9H2,(H,16,17);(H,6,7)/t10-,12+,13+;/m0./s1. The third kappa shape index (κ3) is 5.08. The number of hydroxylamine groups is 2. The molecule has 30 heavy (non-hydrogen) atoms. The zero-order valence-corrected chi connectivity index (χ0v) is 15.8. The molecule has 0 radical (unpaired) electrons. The van der Waals surface area contributed by atoms with Crippen molar-refractivity contribution in [1.29, 1.82) is 0 Å². The van der Waals surface area contributed by atoms with Gasteiger partial charge in [-0.05, 0) is 31.2 Å². The van der Waals surface area contributed by atoms with E-state index in [1.165, 1.54) is 5.06 Å². The van der Waals surface area contributed by atoms with Gasteiger partial charge >= 0.3 is 12.1 Å². The van der Waals surface area contributed by atoms with Crippen LogP contribution < -0.4 is 0 Å². The van der Waals surface area contributed by atoms with Gasteiger partial charge in [0.05, 0.1) is 19.3 Å². The number of carbonyl (C=O) groups excluding carboxylic acids is 2. The number of carboxylic acid groups (broad SMARTS) is 1. The number of nitrogens with zero attached hydrogens (tertiary/aromatic N) is 3. The summed E-state index contributed by atoms with van der Waals surface area (Å²) in [7, 11) is 0. The van der Waals surface area contributed by atoms with Crippen molar-refractivity contribution in [2.45, 2.75) is 37.6 Å². The maximum Gasteiger partial charge on any atom is 0.490 e. The van der Waals surface area contributed by atoms with Crippen molar-refractivity contribution in [2.24, 2.45) is 5.92 Å². The number of rotatable bonds is 2. The Bertz CT molecular complexity index is 766. The van der Waals surface area contributed by atoms with Gasteiger partial charge in [-0.25, -0.2) is 9.86 Å². The molecular formula is C17H21F3N4O6. The van der Waals surface area contributed by atoms with Crippen LogP contribution in [0.4, 0.5) is 13.2 Å². The van der Waals surface area contributed by atoms with Gasteiger partial charge in [-0.3, -0.25) is 19.5 Å². The van der Waals surface area contributed by atoms with Crippen molar-refractivity contribution in [3.63, 3.8) is 0 Å². The van der Waals surface area contributed by atoms with Crippen LogP contribution in [0.3, 0.4) is 0 Å². The maximum absolute atomic E-state index is 12.4. The van der Waals surface area contributed by atoms with Crippen LogP contribution in [0.15, 0.2) is 12.3 Å². The minimum atomic E-state index is -5.08. The van der Waals surface area contributed by atoms with Crippen molar-refractivity contribution < 1.29 is 42.2 Å². The molecule has 0 aromatic carbocycles. The van der Waals surface area contributed by atoms with Crippen molar-refractivity contribution in [2.75, 3.05) is 26.2 Å². The van der Waals surface area contributed by atoms with Gasteiger partial charge in [0.15, 0.2) is 0 Å². The van der Waals surface area contributed by atoms with E-state index in [2.05, 4.69) is 10.2 Å². The van der Waals surface area contributed by atoms with Gasteiger partial charge in [-0.15, -0.1) is 0 Å². The van der Waals surface area contributed by atoms with E-state index in [4.69, 9.17) is 19.5 Å². The first kappa shape index (κ1) is 22.0. The highest BCUT2D eigenvalue weighted by molar-refractivity contribution is 5.92. The van der Waals surface area contributed by atoms with E-state index in [1.54, 1.807) is 17.2 Å². The lowest BCUT2D eigenvalue weighted by atomic mass is 9.91. The Kier molecular flexibility index (Phi) is 6.61. The number of hydrogen-bond acceptors (Lipinski definition) is 6. The molecule has 0 spiro atoms. The molecule has 3 atom stereocenters. The molecule has 4 heterocycles. The first-order valence-electron chi connectivity index (χ1n) is 9.35. The van der Waals surface area contributed by atoms with Gasteiger partial charge in [0.2, 0.25) is 0 Å². The number of halogens is 3. The molecule has 166 valence electrons. The lowest BCUT2D eigenvalue weighted by molar-refractivity contribution is -0.192. The van der Waals surface area contributed by atoms with E-state index >= 15 is 0 Å². The minimum Gasteiger partial charge on any atom is -0.475 e. The molecule has 10 nitrogen and oxygen atoms in total. The smallest absolute Gasteiger partial charge is 0.475 e. The lowest BCUT2D eigenvalue weighted by Gasteiger charge is -2.33. The van der Waals surface area contributed by atoms with E-state index in [0.717, 1.165) is 19.3 Å². The first-order valence-corrected chi connectivity index (χ1v) is 9.35. The molecule has 1 aromatic heterocycles. The van der Waals surface area contributed by atoms with Gasteiger partial charge in [0.25, 0.3) is 11.8 Å². The molecule has 0 bridgehead atoms. The second-order valence-corrected chi connectivity index (χ2v) is 7.10. The summed E-state index contributed by atoms with van der Waals surface area (Å²) < 4.78 is 37.7. The summed E-state index contributed by atoms with van der Waals surface area (Å²) in [6.07, 6.45) is -1.59. The summed E-state index contributed by atoms with van der Waals surface area (Å²) >= 11 is 0. The second kappa shape index (κ2) is 9.00. The summed E-state index contributed by atoms with van der Waals surface area (Å²) in [4.78, 5) is 40.7. The molecule has 3 aliphatic rings. The monoisotopic (exact) mass is 434 g/mol. The topological polar surface area (TPSA) is 125 Å². The van der Waals surface area contributed by atoms with Crippen molar-refractivity contribution in [3.8, 4) is 0 Å². The SMILES string of the molecule is O=C(O)C(F)(F)F.O=C(c1ccn[nH]1)N1CC[C@H]2C[C@H](C(=O)N3CCCO3)O[C@@H]2C1. The summed E-state index contributed by atoms with van der Waals surface area (Å²) in [5, 5.41) is 15.1. The first-order chi connectivity index (χ1) is 14.2. The fraction of sp³-hybridized carbons (Fsp3) is 0.647. The van der Waals surface area contributed by atoms with Crippen molar-refractivity contribution in [1.82, 2.24) is 20.2 Å². The van der Waals surface area contributed by atoms with Crippen molar-refractivity contribution >= 4 is 17.8 Å². The largest absolute Gasteiger partial charge is 0.490 e. The van der Waals surface area contributed by atoms with Gasteiger partial charge in [-0.1, -0.05) is 0 Å². The summed E-state index contributed by atoms with van der Waals surface area (Å²) in [6, 6.07) is 1.67. The number of ether oxygens (including phenoxy) is 1. The summed E-state index contributed by atoms with van der Waals surface area (Å²) in [5.74, 6) is -2.57. The Hall–Kier alpha value is -2.67. The highest BCUT2D eigenvalue weighted by Gasteiger charge is 2.44. The fourth-order valence-electron chi connectivity index (χ4n) is 3.60. The molecule has 3 fully saturated rings. The molecule has 2 amide bonds. The molecule has 0 unspecified atom stereocenters. The Morgan fingerprint density at radius 3 is 2.57 bits per heavy atom. The molecular weight excluding hydrogens is 413 g/mol. The zero-order valence-electron chi connectivity index (χ0n) is 15.8. The normalized spacial score (nSPS) is 26.0. The predicted molar refractivity (Wildman–Crippen MR) is 91.8 cm³/mol. The van der Waals surface area contributed by atoms with Gasteiger partial charge in [0.1, 0.15) is 11.8 Å². The van der Waals surface area contributed by atoms with Crippen molar-refractivity contribution in [3.05, 3.63) is 18.0 Å². The van der Waals surface area contributed by atoms with Crippen LogP contribution in [0.2, 0.25) is 0 Å². The number of alkyl halides is 3. The van der Waals surface area contributed by atoms with E-state index in [-0.39, 0.29) is 17.9 Å². The fourth-order valence-corrected chi connectivity index (χ4v) is 3.60.